The number of halogens is 2. The van der Waals surface area contributed by atoms with Gasteiger partial charge in [-0.1, -0.05) is 24.4 Å². The van der Waals surface area contributed by atoms with Gasteiger partial charge in [-0.2, -0.15) is 9.78 Å². The molecule has 0 saturated heterocycles. The summed E-state index contributed by atoms with van der Waals surface area (Å²) in [5, 5.41) is 5.14. The average molecular weight is 297 g/mol. The summed E-state index contributed by atoms with van der Waals surface area (Å²) in [7, 11) is 0. The van der Waals surface area contributed by atoms with Crippen LogP contribution in [-0.2, 0) is 5.88 Å². The third-order valence-corrected chi connectivity index (χ3v) is 4.22. The fraction of sp³-hybridized carbons (Fsp3) is 0.462. The molecule has 6 heteroatoms. The normalized spacial score (nSPS) is 16.1. The standard InChI is InChI=1S/C13H14Cl2N4/c14-8-10-11(9-4-1-2-5-9)18-19(12(10)15)13-16-6-3-7-17-13/h3,6-7,9H,1-2,4-5,8H2. The predicted molar refractivity (Wildman–Crippen MR) is 74.9 cm³/mol. The van der Waals surface area contributed by atoms with E-state index in [-0.39, 0.29) is 0 Å². The van der Waals surface area contributed by atoms with Crippen molar-refractivity contribution in [1.82, 2.24) is 19.7 Å². The molecular formula is C13H14Cl2N4. The second kappa shape index (κ2) is 5.47. The number of nitrogens with zero attached hydrogens (tertiary/aromatic N) is 4. The first-order valence-corrected chi connectivity index (χ1v) is 7.33. The quantitative estimate of drug-likeness (QED) is 0.811. The Morgan fingerprint density at radius 2 is 1.89 bits per heavy atom. The summed E-state index contributed by atoms with van der Waals surface area (Å²) >= 11 is 12.4. The lowest BCUT2D eigenvalue weighted by Gasteiger charge is -2.06. The Hall–Kier alpha value is -1.13. The van der Waals surface area contributed by atoms with E-state index in [0.29, 0.717) is 22.9 Å². The Morgan fingerprint density at radius 3 is 2.53 bits per heavy atom. The highest BCUT2D eigenvalue weighted by Gasteiger charge is 2.26. The minimum absolute atomic E-state index is 0.373. The van der Waals surface area contributed by atoms with Gasteiger partial charge >= 0.3 is 0 Å². The van der Waals surface area contributed by atoms with Gasteiger partial charge in [-0.15, -0.1) is 11.6 Å². The maximum atomic E-state index is 6.38. The van der Waals surface area contributed by atoms with E-state index in [9.17, 15) is 0 Å². The fourth-order valence-corrected chi connectivity index (χ4v) is 3.24. The van der Waals surface area contributed by atoms with E-state index in [4.69, 9.17) is 23.2 Å². The van der Waals surface area contributed by atoms with E-state index < -0.39 is 0 Å². The molecule has 2 heterocycles. The fourth-order valence-electron chi connectivity index (χ4n) is 2.63. The zero-order valence-corrected chi connectivity index (χ0v) is 11.9. The largest absolute Gasteiger partial charge is 0.251 e. The van der Waals surface area contributed by atoms with Gasteiger partial charge in [-0.05, 0) is 18.9 Å². The van der Waals surface area contributed by atoms with Crippen LogP contribution in [0.1, 0.15) is 42.9 Å². The Labute approximate surface area is 121 Å². The van der Waals surface area contributed by atoms with Gasteiger partial charge in [0.1, 0.15) is 5.15 Å². The zero-order chi connectivity index (χ0) is 13.2. The van der Waals surface area contributed by atoms with Crippen LogP contribution >= 0.6 is 23.2 Å². The van der Waals surface area contributed by atoms with Crippen molar-refractivity contribution in [2.24, 2.45) is 0 Å². The highest BCUT2D eigenvalue weighted by Crippen LogP contribution is 2.38. The van der Waals surface area contributed by atoms with Crippen LogP contribution in [0.5, 0.6) is 0 Å². The van der Waals surface area contributed by atoms with Crippen LogP contribution in [0.4, 0.5) is 0 Å². The highest BCUT2D eigenvalue weighted by atomic mass is 35.5. The van der Waals surface area contributed by atoms with Crippen LogP contribution in [-0.4, -0.2) is 19.7 Å². The van der Waals surface area contributed by atoms with Crippen LogP contribution in [0.25, 0.3) is 5.95 Å². The lowest BCUT2D eigenvalue weighted by Crippen LogP contribution is -2.03. The number of aromatic nitrogens is 4. The van der Waals surface area contributed by atoms with Crippen LogP contribution in [0.3, 0.4) is 0 Å². The van der Waals surface area contributed by atoms with Gasteiger partial charge in [0.15, 0.2) is 0 Å². The Balaban J connectivity index is 2.07. The molecule has 0 atom stereocenters. The topological polar surface area (TPSA) is 43.6 Å². The van der Waals surface area contributed by atoms with Gasteiger partial charge in [0.25, 0.3) is 5.95 Å². The summed E-state index contributed by atoms with van der Waals surface area (Å²) in [5.74, 6) is 1.33. The zero-order valence-electron chi connectivity index (χ0n) is 10.4. The first-order valence-electron chi connectivity index (χ1n) is 6.42. The first-order chi connectivity index (χ1) is 9.31. The van der Waals surface area contributed by atoms with Gasteiger partial charge in [0, 0.05) is 23.9 Å². The van der Waals surface area contributed by atoms with E-state index in [0.717, 1.165) is 24.1 Å². The monoisotopic (exact) mass is 296 g/mol. The molecule has 1 aliphatic carbocycles. The molecule has 2 aromatic heterocycles. The molecule has 0 unspecified atom stereocenters. The molecule has 0 radical (unpaired) electrons. The Kier molecular flexibility index (Phi) is 3.71. The predicted octanol–water partition coefficient (Wildman–Crippen LogP) is 3.71. The SMILES string of the molecule is ClCc1c(C2CCCC2)nn(-c2ncccn2)c1Cl. The molecule has 2 aromatic rings. The second-order valence-corrected chi connectivity index (χ2v) is 5.36. The minimum Gasteiger partial charge on any atom is -0.220 e. The summed E-state index contributed by atoms with van der Waals surface area (Å²) in [4.78, 5) is 8.37. The van der Waals surface area contributed by atoms with E-state index in [1.165, 1.54) is 12.8 Å². The summed E-state index contributed by atoms with van der Waals surface area (Å²) in [5.41, 5.74) is 1.94. The molecule has 0 N–H and O–H groups in total. The molecule has 0 amide bonds. The lowest BCUT2D eigenvalue weighted by atomic mass is 10.0. The van der Waals surface area contributed by atoms with E-state index in [1.807, 2.05) is 0 Å². The van der Waals surface area contributed by atoms with Crippen LogP contribution in [0, 0.1) is 0 Å². The molecule has 1 aliphatic rings. The van der Waals surface area contributed by atoms with Gasteiger partial charge in [-0.25, -0.2) is 9.97 Å². The summed E-state index contributed by atoms with van der Waals surface area (Å²) in [6.45, 7) is 0. The molecule has 100 valence electrons. The van der Waals surface area contributed by atoms with E-state index >= 15 is 0 Å². The van der Waals surface area contributed by atoms with Crippen molar-refractivity contribution in [3.8, 4) is 5.95 Å². The van der Waals surface area contributed by atoms with Crippen molar-refractivity contribution in [3.63, 3.8) is 0 Å². The third kappa shape index (κ3) is 2.35. The number of hydrogen-bond donors (Lipinski definition) is 0. The molecule has 19 heavy (non-hydrogen) atoms. The minimum atomic E-state index is 0.373. The van der Waals surface area contributed by atoms with Gasteiger partial charge in [0.05, 0.1) is 11.6 Å². The highest BCUT2D eigenvalue weighted by molar-refractivity contribution is 6.31. The van der Waals surface area contributed by atoms with Crippen molar-refractivity contribution in [2.45, 2.75) is 37.5 Å². The van der Waals surface area contributed by atoms with Gasteiger partial charge in [-0.3, -0.25) is 0 Å². The number of alkyl halides is 1. The van der Waals surface area contributed by atoms with Crippen LogP contribution < -0.4 is 0 Å². The second-order valence-electron chi connectivity index (χ2n) is 4.73. The van der Waals surface area contributed by atoms with Gasteiger partial charge < -0.3 is 0 Å². The number of rotatable bonds is 3. The van der Waals surface area contributed by atoms with Crippen LogP contribution in [0.15, 0.2) is 18.5 Å². The summed E-state index contributed by atoms with van der Waals surface area (Å²) in [6, 6.07) is 1.77. The molecule has 1 saturated carbocycles. The van der Waals surface area contributed by atoms with E-state index in [1.54, 1.807) is 23.1 Å². The van der Waals surface area contributed by atoms with Crippen molar-refractivity contribution < 1.29 is 0 Å². The molecule has 1 fully saturated rings. The molecule has 3 rings (SSSR count). The maximum Gasteiger partial charge on any atom is 0.251 e. The van der Waals surface area contributed by atoms with Crippen molar-refractivity contribution >= 4 is 23.2 Å². The molecule has 0 aliphatic heterocycles. The third-order valence-electron chi connectivity index (χ3n) is 3.57. The van der Waals surface area contributed by atoms with Gasteiger partial charge in [0.2, 0.25) is 0 Å². The number of hydrogen-bond acceptors (Lipinski definition) is 3. The smallest absolute Gasteiger partial charge is 0.220 e. The first kappa shape index (κ1) is 12.9. The van der Waals surface area contributed by atoms with Crippen molar-refractivity contribution in [2.75, 3.05) is 0 Å². The van der Waals surface area contributed by atoms with Crippen LogP contribution in [0.2, 0.25) is 5.15 Å². The Morgan fingerprint density at radius 1 is 1.21 bits per heavy atom. The van der Waals surface area contributed by atoms with Crippen molar-refractivity contribution in [3.05, 3.63) is 34.9 Å². The molecule has 0 bridgehead atoms. The van der Waals surface area contributed by atoms with Crippen molar-refractivity contribution in [1.29, 1.82) is 0 Å². The molecule has 4 nitrogen and oxygen atoms in total. The summed E-state index contributed by atoms with van der Waals surface area (Å²) in [6.07, 6.45) is 8.17. The molecule has 0 spiro atoms. The molecule has 0 aromatic carbocycles. The lowest BCUT2D eigenvalue weighted by molar-refractivity contribution is 0.668. The summed E-state index contributed by atoms with van der Waals surface area (Å²) < 4.78 is 1.59. The van der Waals surface area contributed by atoms with E-state index in [2.05, 4.69) is 15.1 Å². The Bertz CT molecular complexity index is 562. The average Bonchev–Trinajstić information content (AvgIpc) is 3.07. The molecular weight excluding hydrogens is 283 g/mol. The maximum absolute atomic E-state index is 6.38.